The average Bonchev–Trinajstić information content (AvgIpc) is 2.37. The highest BCUT2D eigenvalue weighted by molar-refractivity contribution is 4.79. The molecule has 1 N–H and O–H groups in total. The van der Waals surface area contributed by atoms with Crippen LogP contribution in [0.2, 0.25) is 0 Å². The van der Waals surface area contributed by atoms with Gasteiger partial charge in [0.15, 0.2) is 0 Å². The summed E-state index contributed by atoms with van der Waals surface area (Å²) < 4.78 is 0. The Morgan fingerprint density at radius 1 is 1.12 bits per heavy atom. The molecule has 100 valence electrons. The summed E-state index contributed by atoms with van der Waals surface area (Å²) in [5.74, 6) is 0.948. The Balaban J connectivity index is 1.67. The number of piperidine rings is 1. The lowest BCUT2D eigenvalue weighted by Gasteiger charge is -2.35. The maximum atomic E-state index is 3.66. The van der Waals surface area contributed by atoms with Crippen molar-refractivity contribution < 1.29 is 0 Å². The molecular weight excluding hydrogens is 208 g/mol. The lowest BCUT2D eigenvalue weighted by molar-refractivity contribution is 0.155. The van der Waals surface area contributed by atoms with Crippen molar-refractivity contribution in [3.63, 3.8) is 0 Å². The summed E-state index contributed by atoms with van der Waals surface area (Å²) in [5, 5.41) is 3.66. The van der Waals surface area contributed by atoms with E-state index in [0.29, 0.717) is 0 Å². The third-order valence-corrected chi connectivity index (χ3v) is 4.77. The molecule has 1 aliphatic heterocycles. The molecule has 0 aromatic rings. The Labute approximate surface area is 107 Å². The van der Waals surface area contributed by atoms with Crippen LogP contribution in [-0.2, 0) is 0 Å². The molecule has 0 aromatic carbocycles. The van der Waals surface area contributed by atoms with Crippen LogP contribution in [0.5, 0.6) is 0 Å². The van der Waals surface area contributed by atoms with Crippen LogP contribution in [0.15, 0.2) is 0 Å². The van der Waals surface area contributed by atoms with Gasteiger partial charge in [-0.05, 0) is 58.2 Å². The molecule has 1 saturated heterocycles. The van der Waals surface area contributed by atoms with Gasteiger partial charge in [0, 0.05) is 12.1 Å². The zero-order valence-corrected chi connectivity index (χ0v) is 11.8. The standard InChI is InChI=1S/C15H30N2/c1-13-6-5-8-15(12-13)17(2)11-9-14-7-3-4-10-16-14/h13-16H,3-12H2,1-2H3. The topological polar surface area (TPSA) is 15.3 Å². The highest BCUT2D eigenvalue weighted by Crippen LogP contribution is 2.26. The summed E-state index contributed by atoms with van der Waals surface area (Å²) in [7, 11) is 2.34. The quantitative estimate of drug-likeness (QED) is 0.810. The predicted octanol–water partition coefficient (Wildman–Crippen LogP) is 3.03. The van der Waals surface area contributed by atoms with Gasteiger partial charge in [0.1, 0.15) is 0 Å². The number of hydrogen-bond donors (Lipinski definition) is 1. The van der Waals surface area contributed by atoms with Crippen molar-refractivity contribution in [2.24, 2.45) is 5.92 Å². The highest BCUT2D eigenvalue weighted by atomic mass is 15.1. The van der Waals surface area contributed by atoms with Crippen LogP contribution in [0.3, 0.4) is 0 Å². The minimum Gasteiger partial charge on any atom is -0.314 e. The lowest BCUT2D eigenvalue weighted by atomic mass is 9.86. The van der Waals surface area contributed by atoms with E-state index in [1.54, 1.807) is 0 Å². The summed E-state index contributed by atoms with van der Waals surface area (Å²) in [6, 6.07) is 1.66. The maximum Gasteiger partial charge on any atom is 0.00947 e. The fourth-order valence-corrected chi connectivity index (χ4v) is 3.51. The van der Waals surface area contributed by atoms with E-state index in [9.17, 15) is 0 Å². The first-order valence-corrected chi connectivity index (χ1v) is 7.69. The number of nitrogens with zero attached hydrogens (tertiary/aromatic N) is 1. The van der Waals surface area contributed by atoms with E-state index in [1.807, 2.05) is 0 Å². The van der Waals surface area contributed by atoms with Crippen LogP contribution < -0.4 is 5.32 Å². The molecule has 1 aliphatic carbocycles. The molecule has 0 amide bonds. The van der Waals surface area contributed by atoms with Crippen molar-refractivity contribution in [1.29, 1.82) is 0 Å². The van der Waals surface area contributed by atoms with Crippen molar-refractivity contribution in [3.05, 3.63) is 0 Å². The number of rotatable bonds is 4. The van der Waals surface area contributed by atoms with E-state index in [-0.39, 0.29) is 0 Å². The molecule has 3 atom stereocenters. The first-order valence-electron chi connectivity index (χ1n) is 7.69. The van der Waals surface area contributed by atoms with E-state index in [4.69, 9.17) is 0 Å². The smallest absolute Gasteiger partial charge is 0.00947 e. The molecule has 2 fully saturated rings. The molecule has 1 heterocycles. The van der Waals surface area contributed by atoms with Crippen molar-refractivity contribution in [2.45, 2.75) is 70.4 Å². The Hall–Kier alpha value is -0.0800. The van der Waals surface area contributed by atoms with Crippen molar-refractivity contribution in [1.82, 2.24) is 10.2 Å². The largest absolute Gasteiger partial charge is 0.314 e. The third kappa shape index (κ3) is 4.26. The fourth-order valence-electron chi connectivity index (χ4n) is 3.51. The molecule has 0 aromatic heterocycles. The second kappa shape index (κ2) is 6.75. The Kier molecular flexibility index (Phi) is 5.30. The minimum absolute atomic E-state index is 0.798. The monoisotopic (exact) mass is 238 g/mol. The summed E-state index contributed by atoms with van der Waals surface area (Å²) in [5.41, 5.74) is 0. The van der Waals surface area contributed by atoms with E-state index in [2.05, 4.69) is 24.2 Å². The van der Waals surface area contributed by atoms with E-state index in [1.165, 1.54) is 64.5 Å². The van der Waals surface area contributed by atoms with Gasteiger partial charge in [-0.3, -0.25) is 0 Å². The molecule has 2 rings (SSSR count). The minimum atomic E-state index is 0.798. The van der Waals surface area contributed by atoms with E-state index < -0.39 is 0 Å². The molecule has 2 aliphatic rings. The molecule has 0 radical (unpaired) electrons. The van der Waals surface area contributed by atoms with Crippen LogP contribution in [0, 0.1) is 5.92 Å². The zero-order chi connectivity index (χ0) is 12.1. The first-order chi connectivity index (χ1) is 8.25. The zero-order valence-electron chi connectivity index (χ0n) is 11.8. The molecule has 0 bridgehead atoms. The van der Waals surface area contributed by atoms with Crippen molar-refractivity contribution in [2.75, 3.05) is 20.1 Å². The Morgan fingerprint density at radius 3 is 2.71 bits per heavy atom. The van der Waals surface area contributed by atoms with Gasteiger partial charge in [-0.25, -0.2) is 0 Å². The Morgan fingerprint density at radius 2 is 2.00 bits per heavy atom. The maximum absolute atomic E-state index is 3.66. The molecule has 2 nitrogen and oxygen atoms in total. The lowest BCUT2D eigenvalue weighted by Crippen LogP contribution is -2.40. The summed E-state index contributed by atoms with van der Waals surface area (Å²) in [6.45, 7) is 4.95. The van der Waals surface area contributed by atoms with Crippen LogP contribution >= 0.6 is 0 Å². The fraction of sp³-hybridized carbons (Fsp3) is 1.00. The van der Waals surface area contributed by atoms with E-state index in [0.717, 1.165) is 18.0 Å². The van der Waals surface area contributed by atoms with Gasteiger partial charge in [-0.15, -0.1) is 0 Å². The Bertz CT molecular complexity index is 211. The number of hydrogen-bond acceptors (Lipinski definition) is 2. The highest BCUT2D eigenvalue weighted by Gasteiger charge is 2.22. The molecule has 3 unspecified atom stereocenters. The molecule has 0 spiro atoms. The van der Waals surface area contributed by atoms with Gasteiger partial charge < -0.3 is 10.2 Å². The van der Waals surface area contributed by atoms with Gasteiger partial charge in [0.25, 0.3) is 0 Å². The van der Waals surface area contributed by atoms with Crippen molar-refractivity contribution >= 4 is 0 Å². The molecular formula is C15H30N2. The molecule has 1 saturated carbocycles. The summed E-state index contributed by atoms with van der Waals surface area (Å²) in [6.07, 6.45) is 11.3. The number of nitrogens with one attached hydrogen (secondary N) is 1. The average molecular weight is 238 g/mol. The van der Waals surface area contributed by atoms with Crippen LogP contribution in [0.4, 0.5) is 0 Å². The predicted molar refractivity (Wildman–Crippen MR) is 74.3 cm³/mol. The van der Waals surface area contributed by atoms with Crippen LogP contribution in [0.25, 0.3) is 0 Å². The molecule has 17 heavy (non-hydrogen) atoms. The van der Waals surface area contributed by atoms with E-state index >= 15 is 0 Å². The van der Waals surface area contributed by atoms with Gasteiger partial charge >= 0.3 is 0 Å². The normalized spacial score (nSPS) is 35.1. The van der Waals surface area contributed by atoms with Gasteiger partial charge in [0.2, 0.25) is 0 Å². The van der Waals surface area contributed by atoms with Crippen LogP contribution in [-0.4, -0.2) is 37.1 Å². The first kappa shape index (κ1) is 13.4. The molecule has 2 heteroatoms. The second-order valence-corrected chi connectivity index (χ2v) is 6.34. The summed E-state index contributed by atoms with van der Waals surface area (Å²) in [4.78, 5) is 2.63. The van der Waals surface area contributed by atoms with Crippen molar-refractivity contribution in [3.8, 4) is 0 Å². The van der Waals surface area contributed by atoms with Gasteiger partial charge in [0.05, 0.1) is 0 Å². The summed E-state index contributed by atoms with van der Waals surface area (Å²) >= 11 is 0. The van der Waals surface area contributed by atoms with Crippen LogP contribution in [0.1, 0.15) is 58.3 Å². The van der Waals surface area contributed by atoms with Gasteiger partial charge in [-0.2, -0.15) is 0 Å². The SMILES string of the molecule is CC1CCCC(N(C)CCC2CCCCN2)C1. The van der Waals surface area contributed by atoms with Gasteiger partial charge in [-0.1, -0.05) is 26.2 Å². The second-order valence-electron chi connectivity index (χ2n) is 6.34. The third-order valence-electron chi connectivity index (χ3n) is 4.77.